The smallest absolute Gasteiger partial charge is 0.115 e. The maximum Gasteiger partial charge on any atom is 0.115 e. The van der Waals surface area contributed by atoms with E-state index in [2.05, 4.69) is 17.4 Å². The van der Waals surface area contributed by atoms with Crippen LogP contribution >= 0.6 is 35.0 Å². The van der Waals surface area contributed by atoms with Crippen LogP contribution < -0.4 is 5.32 Å². The zero-order valence-corrected chi connectivity index (χ0v) is 20.3. The van der Waals surface area contributed by atoms with Crippen molar-refractivity contribution in [3.63, 3.8) is 0 Å². The van der Waals surface area contributed by atoms with Crippen molar-refractivity contribution in [2.75, 3.05) is 5.32 Å². The lowest BCUT2D eigenvalue weighted by molar-refractivity contribution is 0.475. The second kappa shape index (κ2) is 9.98. The van der Waals surface area contributed by atoms with Crippen LogP contribution in [0.1, 0.15) is 16.4 Å². The molecule has 6 heteroatoms. The van der Waals surface area contributed by atoms with Gasteiger partial charge in [-0.3, -0.25) is 0 Å². The highest BCUT2D eigenvalue weighted by Crippen LogP contribution is 2.49. The molecule has 1 heterocycles. The van der Waals surface area contributed by atoms with Crippen molar-refractivity contribution in [2.45, 2.75) is 10.1 Å². The molecule has 1 atom stereocenters. The van der Waals surface area contributed by atoms with Crippen LogP contribution in [0.15, 0.2) is 119 Å². The second-order valence-electron chi connectivity index (χ2n) is 7.75. The van der Waals surface area contributed by atoms with Gasteiger partial charge in [0.25, 0.3) is 0 Å². The lowest BCUT2D eigenvalue weighted by Gasteiger charge is -2.22. The van der Waals surface area contributed by atoms with E-state index in [1.165, 1.54) is 0 Å². The third-order valence-electron chi connectivity index (χ3n) is 5.47. The van der Waals surface area contributed by atoms with Gasteiger partial charge >= 0.3 is 0 Å². The standard InChI is InChI=1S/C28H20Cl2N2OS/c29-19-11-13-20(14-12-19)31-17-23-27(18-9-15-21(33)16-10-18)32-25-7-3-4-8-26(25)34-28(23)22-5-1-2-6-24(22)30/h1-17,28,31,33H/b23-17+. The summed E-state index contributed by atoms with van der Waals surface area (Å²) in [5, 5.41) is 14.6. The number of benzene rings is 4. The highest BCUT2D eigenvalue weighted by Gasteiger charge is 2.29. The van der Waals surface area contributed by atoms with Crippen molar-refractivity contribution < 1.29 is 5.11 Å². The van der Waals surface area contributed by atoms with Crippen molar-refractivity contribution in [1.82, 2.24) is 0 Å². The molecule has 4 aromatic carbocycles. The topological polar surface area (TPSA) is 44.6 Å². The normalized spacial score (nSPS) is 16.5. The van der Waals surface area contributed by atoms with E-state index in [1.807, 2.05) is 79.0 Å². The molecule has 0 fully saturated rings. The third kappa shape index (κ3) is 4.85. The largest absolute Gasteiger partial charge is 0.508 e. The van der Waals surface area contributed by atoms with Gasteiger partial charge in [-0.25, -0.2) is 4.99 Å². The Balaban J connectivity index is 1.71. The van der Waals surface area contributed by atoms with Gasteiger partial charge in [0.05, 0.1) is 16.6 Å². The van der Waals surface area contributed by atoms with Crippen molar-refractivity contribution in [3.05, 3.63) is 130 Å². The molecule has 1 unspecified atom stereocenters. The summed E-state index contributed by atoms with van der Waals surface area (Å²) in [5.41, 5.74) is 5.48. The predicted octanol–water partition coefficient (Wildman–Crippen LogP) is 8.66. The minimum atomic E-state index is -0.121. The van der Waals surface area contributed by atoms with Crippen LogP contribution in [-0.4, -0.2) is 10.8 Å². The lowest BCUT2D eigenvalue weighted by Crippen LogP contribution is -2.12. The van der Waals surface area contributed by atoms with Crippen LogP contribution in [0, 0.1) is 0 Å². The first-order chi connectivity index (χ1) is 16.6. The van der Waals surface area contributed by atoms with E-state index < -0.39 is 0 Å². The van der Waals surface area contributed by atoms with Crippen LogP contribution in [-0.2, 0) is 0 Å². The molecule has 0 radical (unpaired) electrons. The first kappa shape index (κ1) is 22.6. The monoisotopic (exact) mass is 502 g/mol. The summed E-state index contributed by atoms with van der Waals surface area (Å²) in [6, 6.07) is 30.7. The first-order valence-corrected chi connectivity index (χ1v) is 12.3. The highest BCUT2D eigenvalue weighted by atomic mass is 35.5. The molecule has 3 nitrogen and oxygen atoms in total. The average molecular weight is 503 g/mol. The summed E-state index contributed by atoms with van der Waals surface area (Å²) in [6.45, 7) is 0. The maximum atomic E-state index is 9.88. The summed E-state index contributed by atoms with van der Waals surface area (Å²) in [7, 11) is 0. The fourth-order valence-corrected chi connectivity index (χ4v) is 5.49. The quantitative estimate of drug-likeness (QED) is 0.293. The van der Waals surface area contributed by atoms with Gasteiger partial charge in [-0.1, -0.05) is 53.5 Å². The molecule has 0 aliphatic carbocycles. The number of thioether (sulfide) groups is 1. The maximum absolute atomic E-state index is 9.88. The number of phenols is 1. The van der Waals surface area contributed by atoms with Crippen LogP contribution in [0.2, 0.25) is 10.0 Å². The molecular weight excluding hydrogens is 483 g/mol. The van der Waals surface area contributed by atoms with E-state index in [4.69, 9.17) is 28.2 Å². The lowest BCUT2D eigenvalue weighted by atomic mass is 9.95. The van der Waals surface area contributed by atoms with Gasteiger partial charge < -0.3 is 10.4 Å². The van der Waals surface area contributed by atoms with Crippen LogP contribution in [0.3, 0.4) is 0 Å². The Morgan fingerprint density at radius 3 is 2.29 bits per heavy atom. The molecule has 1 aliphatic rings. The summed E-state index contributed by atoms with van der Waals surface area (Å²) in [6.07, 6.45) is 1.99. The molecule has 168 valence electrons. The molecule has 1 aliphatic heterocycles. The average Bonchev–Trinajstić information content (AvgIpc) is 3.01. The summed E-state index contributed by atoms with van der Waals surface area (Å²) < 4.78 is 0. The van der Waals surface area contributed by atoms with E-state index >= 15 is 0 Å². The SMILES string of the molecule is Oc1ccc(C2=Nc3ccccc3SC(c3ccccc3Cl)/C2=C/Nc2ccc(Cl)cc2)cc1. The molecule has 0 bridgehead atoms. The molecular formula is C28H20Cl2N2OS. The number of nitrogens with one attached hydrogen (secondary N) is 1. The van der Waals surface area contributed by atoms with Gasteiger partial charge in [-0.2, -0.15) is 0 Å². The van der Waals surface area contributed by atoms with Crippen LogP contribution in [0.4, 0.5) is 11.4 Å². The van der Waals surface area contributed by atoms with Crippen molar-refractivity contribution in [2.24, 2.45) is 4.99 Å². The Morgan fingerprint density at radius 2 is 1.53 bits per heavy atom. The summed E-state index contributed by atoms with van der Waals surface area (Å²) in [4.78, 5) is 6.16. The number of anilines is 1. The Kier molecular flexibility index (Phi) is 6.63. The molecule has 0 saturated carbocycles. The van der Waals surface area contributed by atoms with Gasteiger partial charge in [-0.15, -0.1) is 11.8 Å². The van der Waals surface area contributed by atoms with Crippen molar-refractivity contribution in [3.8, 4) is 5.75 Å². The number of aliphatic imine (C=N–C) groups is 1. The van der Waals surface area contributed by atoms with E-state index in [-0.39, 0.29) is 11.0 Å². The van der Waals surface area contributed by atoms with Crippen molar-refractivity contribution in [1.29, 1.82) is 0 Å². The van der Waals surface area contributed by atoms with Gasteiger partial charge in [-0.05, 0) is 72.3 Å². The molecule has 0 saturated heterocycles. The number of para-hydroxylation sites is 1. The van der Waals surface area contributed by atoms with E-state index in [0.29, 0.717) is 10.0 Å². The van der Waals surface area contributed by atoms with E-state index in [1.54, 1.807) is 23.9 Å². The van der Waals surface area contributed by atoms with Gasteiger partial charge in [0, 0.05) is 38.0 Å². The molecule has 0 amide bonds. The van der Waals surface area contributed by atoms with E-state index in [9.17, 15) is 5.11 Å². The zero-order valence-electron chi connectivity index (χ0n) is 18.0. The van der Waals surface area contributed by atoms with Crippen molar-refractivity contribution >= 4 is 52.1 Å². The summed E-state index contributed by atoms with van der Waals surface area (Å²) >= 11 is 14.5. The van der Waals surface area contributed by atoms with E-state index in [0.717, 1.165) is 38.7 Å². The zero-order chi connectivity index (χ0) is 23.5. The fraction of sp³-hybridized carbons (Fsp3) is 0.0357. The van der Waals surface area contributed by atoms with Gasteiger partial charge in [0.2, 0.25) is 0 Å². The predicted molar refractivity (Wildman–Crippen MR) is 144 cm³/mol. The molecule has 0 spiro atoms. The number of fused-ring (bicyclic) bond motifs is 1. The molecule has 0 aromatic heterocycles. The minimum absolute atomic E-state index is 0.121. The number of halogens is 2. The Hall–Kier alpha value is -3.18. The Morgan fingerprint density at radius 1 is 0.824 bits per heavy atom. The number of phenolic OH excluding ortho intramolecular Hbond substituents is 1. The molecule has 2 N–H and O–H groups in total. The van der Waals surface area contributed by atoms with Gasteiger partial charge in [0.15, 0.2) is 0 Å². The fourth-order valence-electron chi connectivity index (χ4n) is 3.77. The minimum Gasteiger partial charge on any atom is -0.508 e. The molecule has 34 heavy (non-hydrogen) atoms. The third-order valence-corrected chi connectivity index (χ3v) is 7.40. The molecule has 4 aromatic rings. The van der Waals surface area contributed by atoms with Crippen LogP contribution in [0.5, 0.6) is 5.75 Å². The number of hydrogen-bond acceptors (Lipinski definition) is 4. The summed E-state index contributed by atoms with van der Waals surface area (Å²) in [5.74, 6) is 0.209. The second-order valence-corrected chi connectivity index (χ2v) is 9.74. The number of aromatic hydroxyl groups is 1. The molecule has 5 rings (SSSR count). The number of rotatable bonds is 4. The first-order valence-electron chi connectivity index (χ1n) is 10.7. The number of nitrogens with zero attached hydrogens (tertiary/aromatic N) is 1. The van der Waals surface area contributed by atoms with Crippen LogP contribution in [0.25, 0.3) is 0 Å². The van der Waals surface area contributed by atoms with Gasteiger partial charge in [0.1, 0.15) is 5.75 Å². The Bertz CT molecular complexity index is 1380. The Labute approximate surface area is 212 Å². The number of hydrogen-bond donors (Lipinski definition) is 2. The highest BCUT2D eigenvalue weighted by molar-refractivity contribution is 8.00.